The van der Waals surface area contributed by atoms with Crippen molar-refractivity contribution in [2.24, 2.45) is 0 Å². The molecule has 1 unspecified atom stereocenters. The van der Waals surface area contributed by atoms with Crippen LogP contribution in [-0.2, 0) is 0 Å². The maximum atomic E-state index is 9.69. The van der Waals surface area contributed by atoms with Gasteiger partial charge in [0.05, 0.1) is 6.10 Å². The van der Waals surface area contributed by atoms with E-state index in [0.29, 0.717) is 12.6 Å². The summed E-state index contributed by atoms with van der Waals surface area (Å²) in [6.45, 7) is 0.711. The molecular formula is C11H16N2OS. The van der Waals surface area contributed by atoms with Crippen LogP contribution in [0.5, 0.6) is 0 Å². The Morgan fingerprint density at radius 1 is 1.47 bits per heavy atom. The minimum Gasteiger partial charge on any atom is -0.391 e. The number of nitrogens with zero attached hydrogens (tertiary/aromatic N) is 1. The fraction of sp³-hybridized carbons (Fsp3) is 0.545. The molecule has 1 aromatic rings. The van der Waals surface area contributed by atoms with Crippen molar-refractivity contribution in [3.05, 3.63) is 24.5 Å². The van der Waals surface area contributed by atoms with Crippen LogP contribution in [0.25, 0.3) is 0 Å². The van der Waals surface area contributed by atoms with E-state index in [1.165, 1.54) is 12.8 Å². The van der Waals surface area contributed by atoms with Crippen LogP contribution in [0.2, 0.25) is 0 Å². The van der Waals surface area contributed by atoms with Gasteiger partial charge in [0, 0.05) is 35.6 Å². The zero-order valence-electron chi connectivity index (χ0n) is 8.60. The van der Waals surface area contributed by atoms with Crippen LogP contribution in [0.3, 0.4) is 0 Å². The molecule has 2 rings (SSSR count). The van der Waals surface area contributed by atoms with E-state index in [1.807, 2.05) is 12.1 Å². The number of thioether (sulfide) groups is 1. The van der Waals surface area contributed by atoms with Crippen LogP contribution in [0, 0.1) is 0 Å². The summed E-state index contributed by atoms with van der Waals surface area (Å²) in [4.78, 5) is 5.11. The molecule has 1 aliphatic rings. The highest BCUT2D eigenvalue weighted by atomic mass is 32.2. The predicted octanol–water partition coefficient (Wildman–Crippen LogP) is 1.29. The van der Waals surface area contributed by atoms with Gasteiger partial charge in [-0.15, -0.1) is 11.8 Å². The summed E-state index contributed by atoms with van der Waals surface area (Å²) in [6.07, 6.45) is 5.83. The van der Waals surface area contributed by atoms with Crippen LogP contribution in [-0.4, -0.2) is 34.5 Å². The highest BCUT2D eigenvalue weighted by Crippen LogP contribution is 2.20. The predicted molar refractivity (Wildman–Crippen MR) is 62.0 cm³/mol. The molecule has 0 aromatic carbocycles. The number of rotatable bonds is 6. The van der Waals surface area contributed by atoms with Gasteiger partial charge < -0.3 is 10.4 Å². The topological polar surface area (TPSA) is 45.1 Å². The average Bonchev–Trinajstić information content (AvgIpc) is 3.09. The molecule has 0 spiro atoms. The number of hydrogen-bond acceptors (Lipinski definition) is 4. The first-order valence-corrected chi connectivity index (χ1v) is 6.27. The standard InChI is InChI=1S/C11H16N2OS/c14-10(7-13-9-1-2-9)8-15-11-3-5-12-6-4-11/h3-6,9-10,13-14H,1-2,7-8H2. The monoisotopic (exact) mass is 224 g/mol. The van der Waals surface area contributed by atoms with Crippen molar-refractivity contribution in [3.8, 4) is 0 Å². The van der Waals surface area contributed by atoms with E-state index in [2.05, 4.69) is 10.3 Å². The van der Waals surface area contributed by atoms with Crippen LogP contribution in [0.1, 0.15) is 12.8 Å². The van der Waals surface area contributed by atoms with E-state index < -0.39 is 0 Å². The number of nitrogens with one attached hydrogen (secondary N) is 1. The van der Waals surface area contributed by atoms with Gasteiger partial charge in [0.2, 0.25) is 0 Å². The Morgan fingerprint density at radius 2 is 2.20 bits per heavy atom. The third kappa shape index (κ3) is 4.20. The number of pyridine rings is 1. The molecule has 1 aromatic heterocycles. The van der Waals surface area contributed by atoms with Crippen LogP contribution in [0.15, 0.2) is 29.4 Å². The summed E-state index contributed by atoms with van der Waals surface area (Å²) < 4.78 is 0. The van der Waals surface area contributed by atoms with Gasteiger partial charge in [-0.25, -0.2) is 0 Å². The fourth-order valence-corrected chi connectivity index (χ4v) is 2.09. The summed E-state index contributed by atoms with van der Waals surface area (Å²) >= 11 is 1.67. The average molecular weight is 224 g/mol. The van der Waals surface area contributed by atoms with Crippen molar-refractivity contribution in [1.29, 1.82) is 0 Å². The van der Waals surface area contributed by atoms with Crippen molar-refractivity contribution < 1.29 is 5.11 Å². The first-order chi connectivity index (χ1) is 7.34. The molecule has 0 radical (unpaired) electrons. The van der Waals surface area contributed by atoms with Crippen molar-refractivity contribution in [1.82, 2.24) is 10.3 Å². The molecule has 1 saturated carbocycles. The second-order valence-electron chi connectivity index (χ2n) is 3.83. The summed E-state index contributed by atoms with van der Waals surface area (Å²) in [6, 6.07) is 4.60. The van der Waals surface area contributed by atoms with Gasteiger partial charge in [-0.3, -0.25) is 4.98 Å². The second-order valence-corrected chi connectivity index (χ2v) is 4.92. The largest absolute Gasteiger partial charge is 0.391 e. The maximum absolute atomic E-state index is 9.69. The number of hydrogen-bond donors (Lipinski definition) is 2. The fourth-order valence-electron chi connectivity index (χ4n) is 1.28. The number of aliphatic hydroxyl groups is 1. The summed E-state index contributed by atoms with van der Waals surface area (Å²) in [5.41, 5.74) is 0. The Hall–Kier alpha value is -0.580. The van der Waals surface area contributed by atoms with Crippen LogP contribution >= 0.6 is 11.8 Å². The molecule has 82 valence electrons. The first kappa shape index (κ1) is 10.9. The Balaban J connectivity index is 1.63. The minimum atomic E-state index is -0.260. The van der Waals surface area contributed by atoms with E-state index in [0.717, 1.165) is 10.6 Å². The highest BCUT2D eigenvalue weighted by Gasteiger charge is 2.21. The third-order valence-corrected chi connectivity index (χ3v) is 3.47. The molecule has 1 atom stereocenters. The van der Waals surface area contributed by atoms with Crippen molar-refractivity contribution in [3.63, 3.8) is 0 Å². The van der Waals surface area contributed by atoms with Gasteiger partial charge in [-0.1, -0.05) is 0 Å². The number of aromatic nitrogens is 1. The van der Waals surface area contributed by atoms with E-state index >= 15 is 0 Å². The van der Waals surface area contributed by atoms with Crippen molar-refractivity contribution >= 4 is 11.8 Å². The lowest BCUT2D eigenvalue weighted by molar-refractivity contribution is 0.195. The van der Waals surface area contributed by atoms with Gasteiger partial charge >= 0.3 is 0 Å². The molecule has 1 heterocycles. The third-order valence-electron chi connectivity index (χ3n) is 2.31. The van der Waals surface area contributed by atoms with E-state index in [9.17, 15) is 5.11 Å². The smallest absolute Gasteiger partial charge is 0.0758 e. The molecule has 0 amide bonds. The Kier molecular flexibility index (Phi) is 4.00. The second kappa shape index (κ2) is 5.49. The molecular weight excluding hydrogens is 208 g/mol. The van der Waals surface area contributed by atoms with E-state index in [-0.39, 0.29) is 6.10 Å². The SMILES string of the molecule is OC(CNC1CC1)CSc1ccncc1. The maximum Gasteiger partial charge on any atom is 0.0758 e. The van der Waals surface area contributed by atoms with Gasteiger partial charge in [-0.05, 0) is 25.0 Å². The lowest BCUT2D eigenvalue weighted by atomic mass is 10.4. The normalized spacial score (nSPS) is 17.7. The van der Waals surface area contributed by atoms with Crippen LogP contribution in [0.4, 0.5) is 0 Å². The Bertz CT molecular complexity index is 290. The lowest BCUT2D eigenvalue weighted by Crippen LogP contribution is -2.29. The summed E-state index contributed by atoms with van der Waals surface area (Å²) in [5, 5.41) is 13.0. The van der Waals surface area contributed by atoms with Gasteiger partial charge in [0.1, 0.15) is 0 Å². The molecule has 4 heteroatoms. The molecule has 1 aliphatic carbocycles. The quantitative estimate of drug-likeness (QED) is 0.715. The van der Waals surface area contributed by atoms with E-state index in [4.69, 9.17) is 0 Å². The molecule has 0 bridgehead atoms. The summed E-state index contributed by atoms with van der Waals surface area (Å²) in [5.74, 6) is 0.740. The molecule has 0 saturated heterocycles. The first-order valence-electron chi connectivity index (χ1n) is 5.29. The van der Waals surface area contributed by atoms with Gasteiger partial charge in [-0.2, -0.15) is 0 Å². The minimum absolute atomic E-state index is 0.260. The van der Waals surface area contributed by atoms with E-state index in [1.54, 1.807) is 24.2 Å². The molecule has 2 N–H and O–H groups in total. The van der Waals surface area contributed by atoms with Crippen molar-refractivity contribution in [2.75, 3.05) is 12.3 Å². The molecule has 15 heavy (non-hydrogen) atoms. The number of aliphatic hydroxyl groups excluding tert-OH is 1. The lowest BCUT2D eigenvalue weighted by Gasteiger charge is -2.10. The Morgan fingerprint density at radius 3 is 2.87 bits per heavy atom. The molecule has 1 fully saturated rings. The molecule has 3 nitrogen and oxygen atoms in total. The molecule has 0 aliphatic heterocycles. The van der Waals surface area contributed by atoms with Crippen molar-refractivity contribution in [2.45, 2.75) is 29.9 Å². The highest BCUT2D eigenvalue weighted by molar-refractivity contribution is 7.99. The van der Waals surface area contributed by atoms with Gasteiger partial charge in [0.15, 0.2) is 0 Å². The Labute approximate surface area is 94.3 Å². The zero-order chi connectivity index (χ0) is 10.5. The van der Waals surface area contributed by atoms with Gasteiger partial charge in [0.25, 0.3) is 0 Å². The summed E-state index contributed by atoms with van der Waals surface area (Å²) in [7, 11) is 0. The zero-order valence-corrected chi connectivity index (χ0v) is 9.41. The van der Waals surface area contributed by atoms with Crippen LogP contribution < -0.4 is 5.32 Å².